The molecule has 1 heteroatoms. The Kier molecular flexibility index (Phi) is 4.93. The molecule has 1 radical (unpaired) electrons. The van der Waals surface area contributed by atoms with E-state index in [0.29, 0.717) is 0 Å². The Morgan fingerprint density at radius 2 is 2.50 bits per heavy atom. The van der Waals surface area contributed by atoms with E-state index in [2.05, 4.69) is 27.5 Å². The molecule has 0 aliphatic heterocycles. The van der Waals surface area contributed by atoms with Crippen LogP contribution in [0.3, 0.4) is 0 Å². The zero-order chi connectivity index (χ0) is 4.83. The Morgan fingerprint density at radius 1 is 1.83 bits per heavy atom. The van der Waals surface area contributed by atoms with Gasteiger partial charge in [-0.1, -0.05) is 12.2 Å². The normalized spacial score (nSPS) is 9.50. The van der Waals surface area contributed by atoms with E-state index >= 15 is 0 Å². The Bertz CT molecular complexity index is 55.0. The predicted octanol–water partition coefficient (Wildman–Crippen LogP) is 2.27. The van der Waals surface area contributed by atoms with Crippen LogP contribution in [0.2, 0.25) is 0 Å². The molecule has 0 N–H and O–H groups in total. The zero-order valence-corrected chi connectivity index (χ0v) is 5.03. The molecular formula is C5H6Br. The topological polar surface area (TPSA) is 0 Å². The van der Waals surface area contributed by atoms with Crippen molar-refractivity contribution in [3.63, 3.8) is 0 Å². The van der Waals surface area contributed by atoms with E-state index in [0.717, 1.165) is 6.42 Å². The number of hydrogen-bond acceptors (Lipinski definition) is 0. The summed E-state index contributed by atoms with van der Waals surface area (Å²) >= 11 is 3.00. The largest absolute Gasteiger partial charge is 0.103 e. The van der Waals surface area contributed by atoms with Crippen LogP contribution >= 0.6 is 15.9 Å². The van der Waals surface area contributed by atoms with Crippen LogP contribution in [0.1, 0.15) is 6.42 Å². The fourth-order valence-corrected chi connectivity index (χ4v) is 0.315. The maximum absolute atomic E-state index is 3.51. The molecule has 0 spiro atoms. The highest BCUT2D eigenvalue weighted by Gasteiger charge is 1.59. The molecule has 0 fully saturated rings. The van der Waals surface area contributed by atoms with Crippen molar-refractivity contribution >= 4 is 15.9 Å². The molecule has 0 unspecified atom stereocenters. The molecule has 0 aromatic carbocycles. The average molecular weight is 146 g/mol. The second-order valence-corrected chi connectivity index (χ2v) is 1.30. The fraction of sp³-hybridized carbons (Fsp3) is 0.200. The van der Waals surface area contributed by atoms with E-state index in [4.69, 9.17) is 0 Å². The standard InChI is InChI=1S/C5H6Br/c1-2-3-4-5-6/h2,4H,1,3H2. The van der Waals surface area contributed by atoms with Gasteiger partial charge in [0.25, 0.3) is 0 Å². The quantitative estimate of drug-likeness (QED) is 0.524. The van der Waals surface area contributed by atoms with Crippen LogP contribution in [-0.4, -0.2) is 0 Å². The lowest BCUT2D eigenvalue weighted by molar-refractivity contribution is 1.41. The van der Waals surface area contributed by atoms with Crippen molar-refractivity contribution in [3.05, 3.63) is 23.7 Å². The third kappa shape index (κ3) is 3.96. The van der Waals surface area contributed by atoms with E-state index in [1.807, 2.05) is 12.2 Å². The Labute approximate surface area is 46.7 Å². The third-order valence-corrected chi connectivity index (χ3v) is 0.685. The molecule has 33 valence electrons. The van der Waals surface area contributed by atoms with Crippen molar-refractivity contribution in [3.8, 4) is 0 Å². The van der Waals surface area contributed by atoms with Crippen molar-refractivity contribution in [2.45, 2.75) is 6.42 Å². The minimum atomic E-state index is 0.894. The fourth-order valence-electron chi connectivity index (χ4n) is 0.128. The van der Waals surface area contributed by atoms with Gasteiger partial charge in [-0.3, -0.25) is 0 Å². The highest BCUT2D eigenvalue weighted by atomic mass is 79.9. The van der Waals surface area contributed by atoms with Crippen LogP contribution in [-0.2, 0) is 0 Å². The van der Waals surface area contributed by atoms with Gasteiger partial charge < -0.3 is 0 Å². The van der Waals surface area contributed by atoms with E-state index in [-0.39, 0.29) is 0 Å². The van der Waals surface area contributed by atoms with Crippen LogP contribution in [0, 0.1) is 4.99 Å². The van der Waals surface area contributed by atoms with Crippen LogP contribution in [0.25, 0.3) is 0 Å². The van der Waals surface area contributed by atoms with Crippen LogP contribution in [0.4, 0.5) is 0 Å². The molecular weight excluding hydrogens is 140 g/mol. The van der Waals surface area contributed by atoms with Gasteiger partial charge in [0.1, 0.15) is 0 Å². The van der Waals surface area contributed by atoms with Gasteiger partial charge in [-0.2, -0.15) is 0 Å². The predicted molar refractivity (Wildman–Crippen MR) is 31.6 cm³/mol. The summed E-state index contributed by atoms with van der Waals surface area (Å²) in [6.07, 6.45) is 4.56. The molecule has 0 bridgehead atoms. The Hall–Kier alpha value is -0.0400. The van der Waals surface area contributed by atoms with E-state index in [1.54, 1.807) is 0 Å². The molecule has 0 rings (SSSR count). The summed E-state index contributed by atoms with van der Waals surface area (Å²) in [5, 5.41) is 0. The smallest absolute Gasteiger partial charge is 0.0277 e. The molecule has 0 aliphatic rings. The summed E-state index contributed by atoms with van der Waals surface area (Å²) in [5.41, 5.74) is 0. The van der Waals surface area contributed by atoms with Gasteiger partial charge in [-0.25, -0.2) is 0 Å². The lowest BCUT2D eigenvalue weighted by atomic mass is 10.4. The molecule has 0 amide bonds. The molecule has 0 atom stereocenters. The molecule has 6 heavy (non-hydrogen) atoms. The molecule has 0 aliphatic carbocycles. The molecule has 0 saturated heterocycles. The number of rotatable bonds is 2. The van der Waals surface area contributed by atoms with Gasteiger partial charge in [0, 0.05) is 4.99 Å². The van der Waals surface area contributed by atoms with Gasteiger partial charge >= 0.3 is 0 Å². The van der Waals surface area contributed by atoms with Gasteiger partial charge in [0.2, 0.25) is 0 Å². The number of hydrogen-bond donors (Lipinski definition) is 0. The van der Waals surface area contributed by atoms with Gasteiger partial charge in [0.15, 0.2) is 0 Å². The first-order valence-electron chi connectivity index (χ1n) is 1.70. The van der Waals surface area contributed by atoms with Crippen molar-refractivity contribution in [2.24, 2.45) is 0 Å². The zero-order valence-electron chi connectivity index (χ0n) is 3.45. The Balaban J connectivity index is 2.85. The van der Waals surface area contributed by atoms with Gasteiger partial charge in [0.05, 0.1) is 0 Å². The maximum atomic E-state index is 3.51. The van der Waals surface area contributed by atoms with E-state index in [9.17, 15) is 0 Å². The third-order valence-electron chi connectivity index (χ3n) is 0.362. The monoisotopic (exact) mass is 145 g/mol. The molecule has 0 saturated carbocycles. The lowest BCUT2D eigenvalue weighted by Gasteiger charge is -1.67. The molecule has 0 aromatic rings. The van der Waals surface area contributed by atoms with Crippen molar-refractivity contribution in [2.75, 3.05) is 0 Å². The molecule has 0 heterocycles. The SMILES string of the molecule is C=CC/C=[C]\Br. The first kappa shape index (κ1) is 5.96. The first-order chi connectivity index (χ1) is 2.91. The van der Waals surface area contributed by atoms with Gasteiger partial charge in [-0.05, 0) is 22.4 Å². The molecule has 0 aromatic heterocycles. The highest BCUT2D eigenvalue weighted by molar-refractivity contribution is 9.10. The summed E-state index contributed by atoms with van der Waals surface area (Å²) in [4.78, 5) is 2.68. The van der Waals surface area contributed by atoms with Crippen LogP contribution < -0.4 is 0 Å². The summed E-state index contributed by atoms with van der Waals surface area (Å²) in [7, 11) is 0. The van der Waals surface area contributed by atoms with Crippen molar-refractivity contribution in [1.82, 2.24) is 0 Å². The summed E-state index contributed by atoms with van der Waals surface area (Å²) in [6, 6.07) is 0. The first-order valence-corrected chi connectivity index (χ1v) is 2.50. The highest BCUT2D eigenvalue weighted by Crippen LogP contribution is 1.84. The maximum Gasteiger partial charge on any atom is 0.0277 e. The number of allylic oxidation sites excluding steroid dienone is 2. The van der Waals surface area contributed by atoms with Crippen molar-refractivity contribution in [1.29, 1.82) is 0 Å². The van der Waals surface area contributed by atoms with E-state index in [1.165, 1.54) is 0 Å². The second kappa shape index (κ2) is 4.96. The number of halogens is 1. The van der Waals surface area contributed by atoms with Crippen molar-refractivity contribution < 1.29 is 0 Å². The summed E-state index contributed by atoms with van der Waals surface area (Å²) in [6.45, 7) is 3.51. The Morgan fingerprint density at radius 3 is 2.67 bits per heavy atom. The average Bonchev–Trinajstić information content (AvgIpc) is 1.61. The molecule has 0 nitrogen and oxygen atoms in total. The van der Waals surface area contributed by atoms with Gasteiger partial charge in [-0.15, -0.1) is 6.58 Å². The minimum absolute atomic E-state index is 0.894. The second-order valence-electron chi connectivity index (χ2n) is 0.838. The van der Waals surface area contributed by atoms with E-state index < -0.39 is 0 Å². The minimum Gasteiger partial charge on any atom is -0.103 e. The summed E-state index contributed by atoms with van der Waals surface area (Å²) in [5.74, 6) is 0. The van der Waals surface area contributed by atoms with Crippen LogP contribution in [0.5, 0.6) is 0 Å². The summed E-state index contributed by atoms with van der Waals surface area (Å²) < 4.78 is 0. The lowest BCUT2D eigenvalue weighted by Crippen LogP contribution is -1.47. The van der Waals surface area contributed by atoms with Crippen LogP contribution in [0.15, 0.2) is 18.7 Å².